The summed E-state index contributed by atoms with van der Waals surface area (Å²) in [4.78, 5) is 14.5. The zero-order chi connectivity index (χ0) is 14.3. The van der Waals surface area contributed by atoms with Gasteiger partial charge in [0, 0.05) is 7.05 Å². The van der Waals surface area contributed by atoms with E-state index in [9.17, 15) is 4.79 Å². The van der Waals surface area contributed by atoms with Gasteiger partial charge < -0.3 is 9.32 Å². The van der Waals surface area contributed by atoms with Crippen molar-refractivity contribution in [1.82, 2.24) is 4.90 Å². The predicted molar refractivity (Wildman–Crippen MR) is 77.8 cm³/mol. The number of amides is 1. The Morgan fingerprint density at radius 2 is 2.05 bits per heavy atom. The first-order valence-electron chi connectivity index (χ1n) is 7.00. The summed E-state index contributed by atoms with van der Waals surface area (Å²) in [5.74, 6) is 1.53. The molecule has 2 aromatic rings. The van der Waals surface area contributed by atoms with Gasteiger partial charge in [-0.05, 0) is 43.9 Å². The van der Waals surface area contributed by atoms with E-state index in [2.05, 4.69) is 18.2 Å². The lowest BCUT2D eigenvalue weighted by molar-refractivity contribution is 0.0729. The maximum absolute atomic E-state index is 12.6. The van der Waals surface area contributed by atoms with Gasteiger partial charge in [-0.3, -0.25) is 4.79 Å². The topological polar surface area (TPSA) is 33.5 Å². The number of carbonyl (C=O) groups excluding carboxylic acids is 1. The van der Waals surface area contributed by atoms with Gasteiger partial charge in [0.25, 0.3) is 5.91 Å². The Balaban J connectivity index is 1.89. The van der Waals surface area contributed by atoms with Crippen molar-refractivity contribution in [2.45, 2.75) is 32.7 Å². The van der Waals surface area contributed by atoms with Crippen molar-refractivity contribution >= 4 is 5.91 Å². The zero-order valence-corrected chi connectivity index (χ0v) is 12.1. The molecule has 1 aromatic carbocycles. The maximum Gasteiger partial charge on any atom is 0.257 e. The Kier molecular flexibility index (Phi) is 3.13. The monoisotopic (exact) mass is 269 g/mol. The highest BCUT2D eigenvalue weighted by molar-refractivity contribution is 5.95. The van der Waals surface area contributed by atoms with Gasteiger partial charge in [0.2, 0.25) is 0 Å². The van der Waals surface area contributed by atoms with Crippen molar-refractivity contribution in [1.29, 1.82) is 0 Å². The van der Waals surface area contributed by atoms with Crippen LogP contribution in [-0.4, -0.2) is 17.9 Å². The molecule has 20 heavy (non-hydrogen) atoms. The van der Waals surface area contributed by atoms with Gasteiger partial charge in [0.15, 0.2) is 0 Å². The zero-order valence-electron chi connectivity index (χ0n) is 12.1. The van der Waals surface area contributed by atoms with E-state index in [1.807, 2.05) is 37.9 Å². The summed E-state index contributed by atoms with van der Waals surface area (Å²) in [6.45, 7) is 3.71. The fraction of sp³-hybridized carbons (Fsp3) is 0.353. The largest absolute Gasteiger partial charge is 0.466 e. The van der Waals surface area contributed by atoms with Crippen LogP contribution in [0, 0.1) is 13.8 Å². The lowest BCUT2D eigenvalue weighted by atomic mass is 10.1. The van der Waals surface area contributed by atoms with E-state index in [1.54, 1.807) is 0 Å². The minimum atomic E-state index is 0.0426. The molecule has 0 bridgehead atoms. The molecule has 0 N–H and O–H groups in total. The number of aryl methyl sites for hydroxylation is 3. The van der Waals surface area contributed by atoms with Gasteiger partial charge in [-0.25, -0.2) is 0 Å². The molecular formula is C17H19NO2. The highest BCUT2D eigenvalue weighted by Crippen LogP contribution is 2.35. The van der Waals surface area contributed by atoms with E-state index in [0.29, 0.717) is 11.3 Å². The highest BCUT2D eigenvalue weighted by atomic mass is 16.3. The molecule has 0 fully saturated rings. The van der Waals surface area contributed by atoms with Crippen LogP contribution in [0.15, 0.2) is 34.7 Å². The van der Waals surface area contributed by atoms with Gasteiger partial charge in [-0.2, -0.15) is 0 Å². The number of rotatable bonds is 2. The fourth-order valence-corrected chi connectivity index (χ4v) is 3.11. The molecule has 0 saturated heterocycles. The SMILES string of the molecule is Cc1cc(C(=O)N(C)[C@H]2CCc3ccccc32)c(C)o1. The van der Waals surface area contributed by atoms with Crippen LogP contribution in [0.5, 0.6) is 0 Å². The number of fused-ring (bicyclic) bond motifs is 1. The Hall–Kier alpha value is -2.03. The Morgan fingerprint density at radius 3 is 2.75 bits per heavy atom. The second-order valence-electron chi connectivity index (χ2n) is 5.50. The average Bonchev–Trinajstić information content (AvgIpc) is 3.00. The summed E-state index contributed by atoms with van der Waals surface area (Å²) >= 11 is 0. The van der Waals surface area contributed by atoms with E-state index in [4.69, 9.17) is 4.42 Å². The van der Waals surface area contributed by atoms with Crippen molar-refractivity contribution in [3.63, 3.8) is 0 Å². The normalized spacial score (nSPS) is 17.1. The molecule has 1 amide bonds. The van der Waals surface area contributed by atoms with Gasteiger partial charge in [-0.1, -0.05) is 24.3 Å². The van der Waals surface area contributed by atoms with Crippen LogP contribution >= 0.6 is 0 Å². The number of nitrogens with zero attached hydrogens (tertiary/aromatic N) is 1. The summed E-state index contributed by atoms with van der Waals surface area (Å²) in [5.41, 5.74) is 3.31. The van der Waals surface area contributed by atoms with E-state index in [-0.39, 0.29) is 11.9 Å². The van der Waals surface area contributed by atoms with Crippen LogP contribution in [0.2, 0.25) is 0 Å². The van der Waals surface area contributed by atoms with Gasteiger partial charge in [0.05, 0.1) is 11.6 Å². The molecule has 1 atom stereocenters. The van der Waals surface area contributed by atoms with Crippen LogP contribution in [-0.2, 0) is 6.42 Å². The van der Waals surface area contributed by atoms with Crippen LogP contribution in [0.4, 0.5) is 0 Å². The molecule has 1 aliphatic rings. The molecule has 3 heteroatoms. The minimum absolute atomic E-state index is 0.0426. The number of hydrogen-bond donors (Lipinski definition) is 0. The Labute approximate surface area is 119 Å². The third-order valence-electron chi connectivity index (χ3n) is 4.16. The number of benzene rings is 1. The average molecular weight is 269 g/mol. The molecule has 0 saturated carbocycles. The van der Waals surface area contributed by atoms with E-state index >= 15 is 0 Å². The lowest BCUT2D eigenvalue weighted by Gasteiger charge is -2.25. The van der Waals surface area contributed by atoms with Crippen molar-refractivity contribution in [2.24, 2.45) is 0 Å². The molecular weight excluding hydrogens is 250 g/mol. The van der Waals surface area contributed by atoms with E-state index in [1.165, 1.54) is 11.1 Å². The first-order valence-corrected chi connectivity index (χ1v) is 7.00. The summed E-state index contributed by atoms with van der Waals surface area (Å²) < 4.78 is 5.47. The molecule has 1 aromatic heterocycles. The van der Waals surface area contributed by atoms with Crippen LogP contribution < -0.4 is 0 Å². The van der Waals surface area contributed by atoms with Crippen LogP contribution in [0.25, 0.3) is 0 Å². The molecule has 0 spiro atoms. The highest BCUT2D eigenvalue weighted by Gasteiger charge is 2.30. The number of hydrogen-bond acceptors (Lipinski definition) is 2. The third-order valence-corrected chi connectivity index (χ3v) is 4.16. The molecule has 3 nitrogen and oxygen atoms in total. The minimum Gasteiger partial charge on any atom is -0.466 e. The fourth-order valence-electron chi connectivity index (χ4n) is 3.11. The first-order chi connectivity index (χ1) is 9.58. The van der Waals surface area contributed by atoms with Crippen LogP contribution in [0.1, 0.15) is 45.5 Å². The summed E-state index contributed by atoms with van der Waals surface area (Å²) in [7, 11) is 1.89. The molecule has 3 rings (SSSR count). The molecule has 1 heterocycles. The second kappa shape index (κ2) is 4.82. The number of furan rings is 1. The quantitative estimate of drug-likeness (QED) is 0.833. The first kappa shape index (κ1) is 13.0. The Bertz CT molecular complexity index is 657. The standard InChI is InChI=1S/C17H19NO2/c1-11-10-15(12(2)20-11)17(19)18(3)16-9-8-13-6-4-5-7-14(13)16/h4-7,10,16H,8-9H2,1-3H3/t16-/m0/s1. The van der Waals surface area contributed by atoms with Gasteiger partial charge >= 0.3 is 0 Å². The smallest absolute Gasteiger partial charge is 0.257 e. The predicted octanol–water partition coefficient (Wildman–Crippen LogP) is 3.66. The number of carbonyl (C=O) groups is 1. The lowest BCUT2D eigenvalue weighted by Crippen LogP contribution is -2.30. The molecule has 0 radical (unpaired) electrons. The van der Waals surface area contributed by atoms with E-state index < -0.39 is 0 Å². The van der Waals surface area contributed by atoms with E-state index in [0.717, 1.165) is 18.6 Å². The van der Waals surface area contributed by atoms with Crippen molar-refractivity contribution in [2.75, 3.05) is 7.05 Å². The summed E-state index contributed by atoms with van der Waals surface area (Å²) in [5, 5.41) is 0. The Morgan fingerprint density at radius 1 is 1.30 bits per heavy atom. The van der Waals surface area contributed by atoms with Gasteiger partial charge in [-0.15, -0.1) is 0 Å². The molecule has 0 unspecified atom stereocenters. The van der Waals surface area contributed by atoms with Crippen molar-refractivity contribution in [3.05, 3.63) is 58.5 Å². The van der Waals surface area contributed by atoms with Crippen LogP contribution in [0.3, 0.4) is 0 Å². The summed E-state index contributed by atoms with van der Waals surface area (Å²) in [6, 6.07) is 10.4. The van der Waals surface area contributed by atoms with Gasteiger partial charge in [0.1, 0.15) is 11.5 Å². The maximum atomic E-state index is 12.6. The van der Waals surface area contributed by atoms with Crippen molar-refractivity contribution < 1.29 is 9.21 Å². The molecule has 1 aliphatic carbocycles. The second-order valence-corrected chi connectivity index (χ2v) is 5.50. The summed E-state index contributed by atoms with van der Waals surface area (Å²) in [6.07, 6.45) is 2.04. The third kappa shape index (κ3) is 2.03. The molecule has 0 aliphatic heterocycles. The molecule has 104 valence electrons. The van der Waals surface area contributed by atoms with Crippen molar-refractivity contribution in [3.8, 4) is 0 Å².